The molecule has 0 spiro atoms. The van der Waals surface area contributed by atoms with Crippen molar-refractivity contribution in [3.05, 3.63) is 54.1 Å². The lowest BCUT2D eigenvalue weighted by Gasteiger charge is -2.40. The molecule has 2 aliphatic heterocycles. The van der Waals surface area contributed by atoms with Gasteiger partial charge in [-0.1, -0.05) is 36.4 Å². The molecule has 0 aromatic heterocycles. The van der Waals surface area contributed by atoms with Crippen molar-refractivity contribution in [2.75, 3.05) is 33.9 Å². The first-order valence-corrected chi connectivity index (χ1v) is 10.5. The molecule has 2 saturated heterocycles. The van der Waals surface area contributed by atoms with Gasteiger partial charge in [-0.05, 0) is 41.7 Å². The summed E-state index contributed by atoms with van der Waals surface area (Å²) in [6.45, 7) is 1.73. The summed E-state index contributed by atoms with van der Waals surface area (Å²) in [7, 11) is 3.46. The molecule has 2 atom stereocenters. The van der Waals surface area contributed by atoms with E-state index in [0.717, 1.165) is 35.3 Å². The third kappa shape index (κ3) is 4.19. The highest BCUT2D eigenvalue weighted by Gasteiger charge is 2.39. The van der Waals surface area contributed by atoms with E-state index >= 15 is 0 Å². The molecule has 2 aromatic rings. The average molecular weight is 408 g/mol. The molecule has 2 unspecified atom stereocenters. The van der Waals surface area contributed by atoms with Gasteiger partial charge in [-0.2, -0.15) is 0 Å². The normalized spacial score (nSPS) is 21.7. The van der Waals surface area contributed by atoms with Crippen LogP contribution in [0.25, 0.3) is 11.1 Å². The Morgan fingerprint density at radius 2 is 1.93 bits per heavy atom. The first-order chi connectivity index (χ1) is 14.6. The minimum atomic E-state index is -0.483. The van der Waals surface area contributed by atoms with Crippen molar-refractivity contribution in [1.29, 1.82) is 0 Å². The molecule has 6 nitrogen and oxygen atoms in total. The number of methoxy groups -OCH3 is 1. The Morgan fingerprint density at radius 1 is 1.13 bits per heavy atom. The molecule has 2 aliphatic rings. The predicted molar refractivity (Wildman–Crippen MR) is 114 cm³/mol. The zero-order chi connectivity index (χ0) is 21.1. The van der Waals surface area contributed by atoms with Gasteiger partial charge in [0.1, 0.15) is 17.9 Å². The van der Waals surface area contributed by atoms with Crippen molar-refractivity contribution in [3.63, 3.8) is 0 Å². The van der Waals surface area contributed by atoms with Crippen LogP contribution in [0.5, 0.6) is 5.75 Å². The van der Waals surface area contributed by atoms with Gasteiger partial charge in [0.25, 0.3) is 5.91 Å². The van der Waals surface area contributed by atoms with Crippen LogP contribution < -0.4 is 4.74 Å². The van der Waals surface area contributed by atoms with Gasteiger partial charge < -0.3 is 19.3 Å². The number of ether oxygens (including phenoxy) is 2. The number of hydrogen-bond donors (Lipinski definition) is 0. The zero-order valence-electron chi connectivity index (χ0n) is 17.5. The number of carbonyl (C=O) groups is 2. The van der Waals surface area contributed by atoms with E-state index in [9.17, 15) is 9.59 Å². The highest BCUT2D eigenvalue weighted by Crippen LogP contribution is 2.26. The van der Waals surface area contributed by atoms with Crippen LogP contribution in [-0.4, -0.2) is 67.6 Å². The fourth-order valence-electron chi connectivity index (χ4n) is 4.19. The smallest absolute Gasteiger partial charge is 0.252 e. The van der Waals surface area contributed by atoms with Gasteiger partial charge >= 0.3 is 0 Å². The summed E-state index contributed by atoms with van der Waals surface area (Å²) in [5.74, 6) is 0.757. The maximum absolute atomic E-state index is 13.0. The van der Waals surface area contributed by atoms with Crippen LogP contribution in [0.2, 0.25) is 0 Å². The van der Waals surface area contributed by atoms with Crippen molar-refractivity contribution < 1.29 is 19.1 Å². The molecular formula is C24H28N2O4. The van der Waals surface area contributed by atoms with E-state index in [1.807, 2.05) is 48.5 Å². The van der Waals surface area contributed by atoms with Crippen LogP contribution in [0, 0.1) is 0 Å². The Hall–Kier alpha value is -2.86. The summed E-state index contributed by atoms with van der Waals surface area (Å²) in [6, 6.07) is 15.6. The maximum Gasteiger partial charge on any atom is 0.252 e. The summed E-state index contributed by atoms with van der Waals surface area (Å²) in [6.07, 6.45) is 1.73. The van der Waals surface area contributed by atoms with Crippen LogP contribution in [0.3, 0.4) is 0 Å². The van der Waals surface area contributed by atoms with E-state index in [4.69, 9.17) is 9.47 Å². The summed E-state index contributed by atoms with van der Waals surface area (Å²) in [5, 5.41) is 0. The second-order valence-electron chi connectivity index (χ2n) is 7.94. The highest BCUT2D eigenvalue weighted by molar-refractivity contribution is 5.90. The van der Waals surface area contributed by atoms with Gasteiger partial charge in [0.05, 0.1) is 7.11 Å². The quantitative estimate of drug-likeness (QED) is 0.763. The lowest BCUT2D eigenvalue weighted by Crippen LogP contribution is -2.60. The molecule has 6 heteroatoms. The second-order valence-corrected chi connectivity index (χ2v) is 7.94. The summed E-state index contributed by atoms with van der Waals surface area (Å²) in [5.41, 5.74) is 3.18. The van der Waals surface area contributed by atoms with E-state index in [-0.39, 0.29) is 11.8 Å². The van der Waals surface area contributed by atoms with Crippen LogP contribution >= 0.6 is 0 Å². The largest absolute Gasteiger partial charge is 0.497 e. The molecule has 0 radical (unpaired) electrons. The number of hydrogen-bond acceptors (Lipinski definition) is 4. The summed E-state index contributed by atoms with van der Waals surface area (Å²) in [4.78, 5) is 29.3. The molecule has 0 bridgehead atoms. The minimum Gasteiger partial charge on any atom is -0.497 e. The molecule has 2 fully saturated rings. The molecule has 30 heavy (non-hydrogen) atoms. The number of piperazine rings is 1. The maximum atomic E-state index is 13.0. The second kappa shape index (κ2) is 8.88. The van der Waals surface area contributed by atoms with Crippen LogP contribution in [0.4, 0.5) is 0 Å². The molecule has 158 valence electrons. The van der Waals surface area contributed by atoms with Gasteiger partial charge in [-0.3, -0.25) is 9.59 Å². The Morgan fingerprint density at radius 3 is 2.63 bits per heavy atom. The Labute approximate surface area is 177 Å². The molecule has 2 aromatic carbocycles. The molecule has 0 saturated carbocycles. The van der Waals surface area contributed by atoms with Gasteiger partial charge in [-0.15, -0.1) is 0 Å². The molecule has 2 amide bonds. The standard InChI is InChI=1S/C24H28N2O4/c1-25-12-13-26(24(28)22-7-4-14-30-22)21(23(25)27)15-17-8-10-18(11-9-17)19-5-3-6-20(16-19)29-2/h3,5-6,8-11,16,21-22H,4,7,12-15H2,1-2H3. The number of benzene rings is 2. The highest BCUT2D eigenvalue weighted by atomic mass is 16.5. The first-order valence-electron chi connectivity index (χ1n) is 10.5. The molecule has 0 N–H and O–H groups in total. The van der Waals surface area contributed by atoms with E-state index in [1.54, 1.807) is 24.0 Å². The number of amides is 2. The predicted octanol–water partition coefficient (Wildman–Crippen LogP) is 2.75. The first kappa shape index (κ1) is 20.4. The monoisotopic (exact) mass is 408 g/mol. The minimum absolute atomic E-state index is 0.00975. The Kier molecular flexibility index (Phi) is 6.04. The molecule has 0 aliphatic carbocycles. The fraction of sp³-hybridized carbons (Fsp3) is 0.417. The van der Waals surface area contributed by atoms with E-state index < -0.39 is 12.1 Å². The lowest BCUT2D eigenvalue weighted by molar-refractivity contribution is -0.155. The van der Waals surface area contributed by atoms with E-state index in [0.29, 0.717) is 26.1 Å². The number of likely N-dealkylation sites (N-methyl/N-ethyl adjacent to an activating group) is 1. The van der Waals surface area contributed by atoms with E-state index in [1.165, 1.54) is 0 Å². The van der Waals surface area contributed by atoms with Crippen LogP contribution in [-0.2, 0) is 20.7 Å². The SMILES string of the molecule is COc1cccc(-c2ccc(CC3C(=O)N(C)CCN3C(=O)C3CCCO3)cc2)c1. The Balaban J connectivity index is 1.52. The van der Waals surface area contributed by atoms with Gasteiger partial charge in [0.2, 0.25) is 5.91 Å². The number of nitrogens with zero attached hydrogens (tertiary/aromatic N) is 2. The molecule has 2 heterocycles. The lowest BCUT2D eigenvalue weighted by atomic mass is 9.97. The van der Waals surface area contributed by atoms with Crippen molar-refractivity contribution in [1.82, 2.24) is 9.80 Å². The summed E-state index contributed by atoms with van der Waals surface area (Å²) < 4.78 is 10.9. The fourth-order valence-corrected chi connectivity index (χ4v) is 4.19. The van der Waals surface area contributed by atoms with Crippen molar-refractivity contribution in [2.24, 2.45) is 0 Å². The van der Waals surface area contributed by atoms with Gasteiger partial charge in [0.15, 0.2) is 0 Å². The molecule has 4 rings (SSSR count). The van der Waals surface area contributed by atoms with Gasteiger partial charge in [-0.25, -0.2) is 0 Å². The zero-order valence-corrected chi connectivity index (χ0v) is 17.5. The van der Waals surface area contributed by atoms with Gasteiger partial charge in [0, 0.05) is 33.2 Å². The third-order valence-corrected chi connectivity index (χ3v) is 5.99. The number of rotatable bonds is 5. The van der Waals surface area contributed by atoms with Crippen molar-refractivity contribution >= 4 is 11.8 Å². The topological polar surface area (TPSA) is 59.1 Å². The molecular weight excluding hydrogens is 380 g/mol. The average Bonchev–Trinajstić information content (AvgIpc) is 3.32. The van der Waals surface area contributed by atoms with E-state index in [2.05, 4.69) is 0 Å². The number of carbonyl (C=O) groups excluding carboxylic acids is 2. The van der Waals surface area contributed by atoms with Crippen LogP contribution in [0.1, 0.15) is 18.4 Å². The van der Waals surface area contributed by atoms with Crippen molar-refractivity contribution in [2.45, 2.75) is 31.4 Å². The van der Waals surface area contributed by atoms with Crippen LogP contribution in [0.15, 0.2) is 48.5 Å². The van der Waals surface area contributed by atoms with Crippen molar-refractivity contribution in [3.8, 4) is 16.9 Å². The third-order valence-electron chi connectivity index (χ3n) is 5.99. The summed E-state index contributed by atoms with van der Waals surface area (Å²) >= 11 is 0. The Bertz CT molecular complexity index is 906.